The van der Waals surface area contributed by atoms with Gasteiger partial charge in [0.2, 0.25) is 6.30 Å². The predicted octanol–water partition coefficient (Wildman–Crippen LogP) is 1.72. The molecule has 0 aliphatic rings. The molecule has 0 bridgehead atoms. The molecule has 3 nitrogen and oxygen atoms in total. The summed E-state index contributed by atoms with van der Waals surface area (Å²) in [5.41, 5.74) is 0. The van der Waals surface area contributed by atoms with Gasteiger partial charge in [-0.2, -0.15) is 8.78 Å². The second kappa shape index (κ2) is 5.94. The molecule has 15 heavy (non-hydrogen) atoms. The molecule has 0 aliphatic heterocycles. The summed E-state index contributed by atoms with van der Waals surface area (Å²) in [6.07, 6.45) is -7.64. The zero-order chi connectivity index (χ0) is 12.1. The number of rotatable bonds is 5. The average molecular weight is 255 g/mol. The minimum Gasteiger partial charge on any atom is -0.337 e. The first-order chi connectivity index (χ1) is 6.82. The molecule has 1 atom stereocenters. The van der Waals surface area contributed by atoms with Crippen LogP contribution in [0, 0.1) is 0 Å². The molecule has 9 heteroatoms. The van der Waals surface area contributed by atoms with Gasteiger partial charge in [-0.05, 0) is 0 Å². The van der Waals surface area contributed by atoms with E-state index in [0.717, 1.165) is 5.32 Å². The van der Waals surface area contributed by atoms with Crippen molar-refractivity contribution in [1.82, 2.24) is 10.6 Å². The lowest BCUT2D eigenvalue weighted by Crippen LogP contribution is -2.51. The molecule has 0 saturated carbocycles. The van der Waals surface area contributed by atoms with Gasteiger partial charge < -0.3 is 10.6 Å². The number of halogens is 6. The van der Waals surface area contributed by atoms with Crippen LogP contribution in [0.2, 0.25) is 0 Å². The van der Waals surface area contributed by atoms with Gasteiger partial charge in [0.05, 0.1) is 0 Å². The van der Waals surface area contributed by atoms with Gasteiger partial charge in [0.25, 0.3) is 0 Å². The quantitative estimate of drug-likeness (QED) is 0.438. The number of hydrogen-bond donors (Lipinski definition) is 2. The Morgan fingerprint density at radius 2 is 1.87 bits per heavy atom. The maximum absolute atomic E-state index is 12.5. The van der Waals surface area contributed by atoms with E-state index < -0.39 is 24.7 Å². The summed E-state index contributed by atoms with van der Waals surface area (Å²) >= 11 is 5.12. The van der Waals surface area contributed by atoms with Crippen molar-refractivity contribution in [2.45, 2.75) is 18.6 Å². The number of alkyl halides is 6. The van der Waals surface area contributed by atoms with Crippen molar-refractivity contribution in [1.29, 1.82) is 0 Å². The fourth-order valence-corrected chi connectivity index (χ4v) is 0.628. The number of amides is 2. The molecular formula is C6H8ClF5N2O. The second-order valence-corrected chi connectivity index (χ2v) is 2.80. The van der Waals surface area contributed by atoms with Gasteiger partial charge in [0.1, 0.15) is 0 Å². The van der Waals surface area contributed by atoms with Crippen molar-refractivity contribution in [3.05, 3.63) is 0 Å². The van der Waals surface area contributed by atoms with Crippen LogP contribution in [-0.4, -0.2) is 37.1 Å². The zero-order valence-corrected chi connectivity index (χ0v) is 8.00. The number of nitrogens with one attached hydrogen (secondary N) is 2. The molecule has 90 valence electrons. The maximum Gasteiger partial charge on any atom is 0.355 e. The number of hydrogen-bond acceptors (Lipinski definition) is 1. The molecule has 0 aromatic heterocycles. The standard InChI is InChI=1S/C6H8ClF5N2O/c7-1-2-13-5(15)14-4(10)6(11,12)3(8)9/h3-4H,1-2H2,(H2,13,14,15). The molecule has 0 spiro atoms. The van der Waals surface area contributed by atoms with Gasteiger partial charge in [-0.25, -0.2) is 18.0 Å². The molecule has 0 aromatic rings. The lowest BCUT2D eigenvalue weighted by Gasteiger charge is -2.20. The van der Waals surface area contributed by atoms with Crippen LogP contribution in [-0.2, 0) is 0 Å². The molecule has 0 rings (SSSR count). The molecule has 0 aliphatic carbocycles. The van der Waals surface area contributed by atoms with E-state index in [1.165, 1.54) is 0 Å². The predicted molar refractivity (Wildman–Crippen MR) is 43.1 cm³/mol. The third-order valence-corrected chi connectivity index (χ3v) is 1.46. The van der Waals surface area contributed by atoms with Gasteiger partial charge in [-0.3, -0.25) is 0 Å². The van der Waals surface area contributed by atoms with Crippen LogP contribution >= 0.6 is 11.6 Å². The van der Waals surface area contributed by atoms with Crippen LogP contribution in [0.1, 0.15) is 0 Å². The molecular weight excluding hydrogens is 247 g/mol. The summed E-state index contributed by atoms with van der Waals surface area (Å²) in [5, 5.41) is 2.90. The van der Waals surface area contributed by atoms with Crippen LogP contribution in [0.3, 0.4) is 0 Å². The van der Waals surface area contributed by atoms with Gasteiger partial charge in [-0.1, -0.05) is 0 Å². The third kappa shape index (κ3) is 4.50. The molecule has 0 radical (unpaired) electrons. The lowest BCUT2D eigenvalue weighted by molar-refractivity contribution is -0.175. The Bertz CT molecular complexity index is 216. The maximum atomic E-state index is 12.5. The van der Waals surface area contributed by atoms with E-state index in [9.17, 15) is 26.7 Å². The highest BCUT2D eigenvalue weighted by molar-refractivity contribution is 6.18. The first-order valence-corrected chi connectivity index (χ1v) is 4.26. The van der Waals surface area contributed by atoms with E-state index in [4.69, 9.17) is 11.6 Å². The Morgan fingerprint density at radius 3 is 2.27 bits per heavy atom. The molecule has 1 unspecified atom stereocenters. The summed E-state index contributed by atoms with van der Waals surface area (Å²) in [5.74, 6) is -4.94. The molecule has 0 saturated heterocycles. The second-order valence-electron chi connectivity index (χ2n) is 2.43. The summed E-state index contributed by atoms with van der Waals surface area (Å²) in [4.78, 5) is 10.6. The van der Waals surface area contributed by atoms with Crippen LogP contribution in [0.5, 0.6) is 0 Å². The van der Waals surface area contributed by atoms with Crippen LogP contribution in [0.15, 0.2) is 0 Å². The Hall–Kier alpha value is -0.790. The summed E-state index contributed by atoms with van der Waals surface area (Å²) in [6, 6.07) is -1.33. The van der Waals surface area contributed by atoms with Crippen LogP contribution in [0.4, 0.5) is 26.7 Å². The average Bonchev–Trinajstić information content (AvgIpc) is 2.14. The summed E-state index contributed by atoms with van der Waals surface area (Å²) in [6.45, 7) is -0.0969. The zero-order valence-electron chi connectivity index (χ0n) is 7.24. The Kier molecular flexibility index (Phi) is 5.63. The summed E-state index contributed by atoms with van der Waals surface area (Å²) < 4.78 is 60.1. The highest BCUT2D eigenvalue weighted by Crippen LogP contribution is 2.27. The highest BCUT2D eigenvalue weighted by Gasteiger charge is 2.50. The van der Waals surface area contributed by atoms with E-state index in [1.54, 1.807) is 0 Å². The van der Waals surface area contributed by atoms with Gasteiger partial charge in [0.15, 0.2) is 0 Å². The van der Waals surface area contributed by atoms with Crippen molar-refractivity contribution in [3.8, 4) is 0 Å². The van der Waals surface area contributed by atoms with E-state index in [2.05, 4.69) is 0 Å². The van der Waals surface area contributed by atoms with Crippen molar-refractivity contribution >= 4 is 17.6 Å². The van der Waals surface area contributed by atoms with Crippen LogP contribution in [0.25, 0.3) is 0 Å². The van der Waals surface area contributed by atoms with Gasteiger partial charge in [-0.15, -0.1) is 11.6 Å². The number of carbonyl (C=O) groups is 1. The third-order valence-electron chi connectivity index (χ3n) is 1.27. The van der Waals surface area contributed by atoms with Crippen molar-refractivity contribution in [2.75, 3.05) is 12.4 Å². The molecule has 2 N–H and O–H groups in total. The largest absolute Gasteiger partial charge is 0.355 e. The topological polar surface area (TPSA) is 41.1 Å². The summed E-state index contributed by atoms with van der Waals surface area (Å²) in [7, 11) is 0. The molecule has 0 aromatic carbocycles. The Morgan fingerprint density at radius 1 is 1.33 bits per heavy atom. The van der Waals surface area contributed by atoms with E-state index in [0.29, 0.717) is 0 Å². The minimum atomic E-state index is -4.92. The van der Waals surface area contributed by atoms with Gasteiger partial charge in [0, 0.05) is 12.4 Å². The smallest absolute Gasteiger partial charge is 0.337 e. The van der Waals surface area contributed by atoms with Crippen molar-refractivity contribution in [2.24, 2.45) is 0 Å². The monoisotopic (exact) mass is 254 g/mol. The van der Waals surface area contributed by atoms with Crippen molar-refractivity contribution < 1.29 is 26.7 Å². The van der Waals surface area contributed by atoms with Gasteiger partial charge >= 0.3 is 18.4 Å². The first kappa shape index (κ1) is 14.2. The fraction of sp³-hybridized carbons (Fsp3) is 0.833. The molecule has 2 amide bonds. The minimum absolute atomic E-state index is 0.0182. The van der Waals surface area contributed by atoms with Crippen molar-refractivity contribution in [3.63, 3.8) is 0 Å². The first-order valence-electron chi connectivity index (χ1n) is 3.72. The van der Waals surface area contributed by atoms with E-state index >= 15 is 0 Å². The van der Waals surface area contributed by atoms with E-state index in [1.807, 2.05) is 5.32 Å². The lowest BCUT2D eigenvalue weighted by atomic mass is 10.3. The normalized spacial score (nSPS) is 13.8. The van der Waals surface area contributed by atoms with E-state index in [-0.39, 0.29) is 12.4 Å². The number of urea groups is 1. The Labute approximate surface area is 87.0 Å². The van der Waals surface area contributed by atoms with Crippen LogP contribution < -0.4 is 10.6 Å². The number of carbonyl (C=O) groups excluding carboxylic acids is 1. The molecule has 0 heterocycles. The molecule has 0 fully saturated rings. The highest BCUT2D eigenvalue weighted by atomic mass is 35.5. The fourth-order valence-electron chi connectivity index (χ4n) is 0.534. The Balaban J connectivity index is 4.12. The SMILES string of the molecule is O=C(NCCCl)NC(F)C(F)(F)C(F)F.